The molecule has 2 aromatic carbocycles. The Bertz CT molecular complexity index is 804. The van der Waals surface area contributed by atoms with Gasteiger partial charge in [-0.25, -0.2) is 9.59 Å². The summed E-state index contributed by atoms with van der Waals surface area (Å²) in [6, 6.07) is 15.3. The van der Waals surface area contributed by atoms with Crippen molar-refractivity contribution in [2.24, 2.45) is 0 Å². The van der Waals surface area contributed by atoms with Crippen molar-refractivity contribution in [2.45, 2.75) is 38.8 Å². The number of ketones is 1. The number of hydrogen-bond donors (Lipinski definition) is 2. The van der Waals surface area contributed by atoms with E-state index < -0.39 is 18.1 Å². The quantitative estimate of drug-likeness (QED) is 0.601. The Morgan fingerprint density at radius 3 is 2.31 bits per heavy atom. The highest BCUT2D eigenvalue weighted by Crippen LogP contribution is 2.14. The van der Waals surface area contributed by atoms with Crippen molar-refractivity contribution in [3.8, 4) is 5.75 Å². The molecule has 0 unspecified atom stereocenters. The van der Waals surface area contributed by atoms with Gasteiger partial charge in [-0.05, 0) is 36.6 Å². The lowest BCUT2D eigenvalue weighted by atomic mass is 10.1. The van der Waals surface area contributed by atoms with Crippen LogP contribution in [0, 0.1) is 0 Å². The SMILES string of the molecule is CC(=O)CCc1ccc(OCC[C@H](NC(=O)OCc2ccccc2)C(=O)O)cc1. The van der Waals surface area contributed by atoms with Crippen molar-refractivity contribution in [3.63, 3.8) is 0 Å². The number of alkyl carbamates (subject to hydrolysis) is 1. The number of carbonyl (C=O) groups is 3. The normalized spacial score (nSPS) is 11.3. The van der Waals surface area contributed by atoms with Gasteiger partial charge in [-0.1, -0.05) is 42.5 Å². The number of benzene rings is 2. The van der Waals surface area contributed by atoms with Gasteiger partial charge in [-0.2, -0.15) is 0 Å². The van der Waals surface area contributed by atoms with Gasteiger partial charge in [-0.3, -0.25) is 0 Å². The van der Waals surface area contributed by atoms with Gasteiger partial charge < -0.3 is 24.7 Å². The summed E-state index contributed by atoms with van der Waals surface area (Å²) >= 11 is 0. The van der Waals surface area contributed by atoms with E-state index in [1.54, 1.807) is 31.2 Å². The number of amides is 1. The number of ether oxygens (including phenoxy) is 2. The van der Waals surface area contributed by atoms with E-state index in [-0.39, 0.29) is 25.4 Å². The number of carbonyl (C=O) groups excluding carboxylic acids is 2. The molecule has 0 saturated carbocycles. The van der Waals surface area contributed by atoms with Crippen molar-refractivity contribution in [1.82, 2.24) is 5.32 Å². The zero-order chi connectivity index (χ0) is 21.1. The molecule has 1 atom stereocenters. The second-order valence-corrected chi connectivity index (χ2v) is 6.58. The summed E-state index contributed by atoms with van der Waals surface area (Å²) in [4.78, 5) is 34.2. The molecule has 0 aliphatic heterocycles. The first-order valence-electron chi connectivity index (χ1n) is 9.35. The highest BCUT2D eigenvalue weighted by Gasteiger charge is 2.20. The number of rotatable bonds is 11. The zero-order valence-electron chi connectivity index (χ0n) is 16.3. The monoisotopic (exact) mass is 399 g/mol. The molecule has 154 valence electrons. The molecule has 0 spiro atoms. The highest BCUT2D eigenvalue weighted by atomic mass is 16.5. The maximum atomic E-state index is 11.8. The number of Topliss-reactive ketones (excluding diaryl/α,β-unsaturated/α-hetero) is 1. The molecule has 2 rings (SSSR count). The third-order valence-electron chi connectivity index (χ3n) is 4.17. The van der Waals surface area contributed by atoms with Gasteiger partial charge in [0.1, 0.15) is 24.2 Å². The van der Waals surface area contributed by atoms with Gasteiger partial charge in [0.2, 0.25) is 0 Å². The van der Waals surface area contributed by atoms with Crippen LogP contribution in [0.3, 0.4) is 0 Å². The van der Waals surface area contributed by atoms with Crippen LogP contribution in [0.25, 0.3) is 0 Å². The van der Waals surface area contributed by atoms with E-state index in [1.165, 1.54) is 0 Å². The van der Waals surface area contributed by atoms with E-state index in [1.807, 2.05) is 30.3 Å². The molecular weight excluding hydrogens is 374 g/mol. The molecule has 7 nitrogen and oxygen atoms in total. The summed E-state index contributed by atoms with van der Waals surface area (Å²) in [5.74, 6) is -0.433. The van der Waals surface area contributed by atoms with Crippen molar-refractivity contribution in [1.29, 1.82) is 0 Å². The summed E-state index contributed by atoms with van der Waals surface area (Å²) in [6.45, 7) is 1.73. The molecule has 0 fully saturated rings. The number of nitrogens with one attached hydrogen (secondary N) is 1. The fourth-order valence-electron chi connectivity index (χ4n) is 2.53. The van der Waals surface area contributed by atoms with Crippen LogP contribution in [0.1, 0.15) is 30.9 Å². The molecular formula is C22H25NO6. The molecule has 0 heterocycles. The van der Waals surface area contributed by atoms with E-state index in [0.29, 0.717) is 18.6 Å². The molecule has 0 aliphatic rings. The minimum Gasteiger partial charge on any atom is -0.494 e. The van der Waals surface area contributed by atoms with Gasteiger partial charge in [0.05, 0.1) is 6.61 Å². The smallest absolute Gasteiger partial charge is 0.408 e. The summed E-state index contributed by atoms with van der Waals surface area (Å²) < 4.78 is 10.6. The number of carboxylic acid groups (broad SMARTS) is 1. The standard InChI is InChI=1S/C22H25NO6/c1-16(24)7-8-17-9-11-19(12-10-17)28-14-13-20(21(25)26)23-22(27)29-15-18-5-3-2-4-6-18/h2-6,9-12,20H,7-8,13-15H2,1H3,(H,23,27)(H,25,26)/t20-/m0/s1. The van der Waals surface area contributed by atoms with E-state index in [9.17, 15) is 19.5 Å². The third kappa shape index (κ3) is 8.47. The molecule has 0 aromatic heterocycles. The van der Waals surface area contributed by atoms with Gasteiger partial charge in [0, 0.05) is 12.8 Å². The van der Waals surface area contributed by atoms with Crippen LogP contribution in [-0.2, 0) is 27.4 Å². The first kappa shape index (κ1) is 21.9. The zero-order valence-corrected chi connectivity index (χ0v) is 16.3. The molecule has 1 amide bonds. The fourth-order valence-corrected chi connectivity index (χ4v) is 2.53. The summed E-state index contributed by atoms with van der Waals surface area (Å²) in [5, 5.41) is 11.6. The summed E-state index contributed by atoms with van der Waals surface area (Å²) in [7, 11) is 0. The minimum atomic E-state index is -1.16. The van der Waals surface area contributed by atoms with Gasteiger partial charge >= 0.3 is 12.1 Å². The number of aryl methyl sites for hydroxylation is 1. The van der Waals surface area contributed by atoms with Crippen LogP contribution in [0.15, 0.2) is 54.6 Å². The van der Waals surface area contributed by atoms with Crippen LogP contribution in [0.5, 0.6) is 5.75 Å². The molecule has 0 aliphatic carbocycles. The van der Waals surface area contributed by atoms with Gasteiger partial charge in [0.15, 0.2) is 0 Å². The maximum absolute atomic E-state index is 11.8. The Hall–Kier alpha value is -3.35. The number of aliphatic carboxylic acids is 1. The van der Waals surface area contributed by atoms with Crippen LogP contribution in [-0.4, -0.2) is 35.6 Å². The van der Waals surface area contributed by atoms with Crippen molar-refractivity contribution >= 4 is 17.8 Å². The lowest BCUT2D eigenvalue weighted by Gasteiger charge is -2.15. The van der Waals surface area contributed by atoms with Crippen molar-refractivity contribution in [2.75, 3.05) is 6.61 Å². The first-order valence-corrected chi connectivity index (χ1v) is 9.35. The predicted octanol–water partition coefficient (Wildman–Crippen LogP) is 3.36. The fraction of sp³-hybridized carbons (Fsp3) is 0.318. The Morgan fingerprint density at radius 1 is 1.00 bits per heavy atom. The average molecular weight is 399 g/mol. The minimum absolute atomic E-state index is 0.0610. The lowest BCUT2D eigenvalue weighted by molar-refractivity contribution is -0.139. The van der Waals surface area contributed by atoms with E-state index in [4.69, 9.17) is 9.47 Å². The molecule has 0 saturated heterocycles. The van der Waals surface area contributed by atoms with Crippen molar-refractivity contribution in [3.05, 3.63) is 65.7 Å². The van der Waals surface area contributed by atoms with Crippen LogP contribution in [0.2, 0.25) is 0 Å². The molecule has 0 bridgehead atoms. The van der Waals surface area contributed by atoms with Crippen LogP contribution in [0.4, 0.5) is 4.79 Å². The highest BCUT2D eigenvalue weighted by molar-refractivity contribution is 5.79. The summed E-state index contributed by atoms with van der Waals surface area (Å²) in [6.07, 6.45) is 0.455. The largest absolute Gasteiger partial charge is 0.494 e. The molecule has 7 heteroatoms. The van der Waals surface area contributed by atoms with Crippen LogP contribution < -0.4 is 10.1 Å². The second-order valence-electron chi connectivity index (χ2n) is 6.58. The molecule has 2 N–H and O–H groups in total. The van der Waals surface area contributed by atoms with E-state index in [2.05, 4.69) is 5.32 Å². The average Bonchev–Trinajstić information content (AvgIpc) is 2.71. The Morgan fingerprint density at radius 2 is 1.69 bits per heavy atom. The van der Waals surface area contributed by atoms with Crippen LogP contribution >= 0.6 is 0 Å². The maximum Gasteiger partial charge on any atom is 0.408 e. The third-order valence-corrected chi connectivity index (χ3v) is 4.17. The lowest BCUT2D eigenvalue weighted by Crippen LogP contribution is -2.42. The Labute approximate surface area is 169 Å². The molecule has 2 aromatic rings. The van der Waals surface area contributed by atoms with E-state index in [0.717, 1.165) is 11.1 Å². The van der Waals surface area contributed by atoms with E-state index >= 15 is 0 Å². The predicted molar refractivity (Wildman–Crippen MR) is 107 cm³/mol. The number of hydrogen-bond acceptors (Lipinski definition) is 5. The molecule has 29 heavy (non-hydrogen) atoms. The topological polar surface area (TPSA) is 102 Å². The van der Waals surface area contributed by atoms with Gasteiger partial charge in [0.25, 0.3) is 0 Å². The number of carboxylic acids is 1. The van der Waals surface area contributed by atoms with Crippen molar-refractivity contribution < 1.29 is 29.0 Å². The second kappa shape index (κ2) is 11.5. The Kier molecular flexibility index (Phi) is 8.69. The first-order chi connectivity index (χ1) is 13.9. The Balaban J connectivity index is 1.75. The molecule has 0 radical (unpaired) electrons. The van der Waals surface area contributed by atoms with Gasteiger partial charge in [-0.15, -0.1) is 0 Å². The summed E-state index contributed by atoms with van der Waals surface area (Å²) in [5.41, 5.74) is 1.84.